The second kappa shape index (κ2) is 9.72. The Labute approximate surface area is 186 Å². The average molecular weight is 461 g/mol. The fraction of sp³-hybridized carbons (Fsp3) is 0.136. The van der Waals surface area contributed by atoms with Gasteiger partial charge in [0.05, 0.1) is 24.8 Å². The molecule has 7 nitrogen and oxygen atoms in total. The van der Waals surface area contributed by atoms with Crippen molar-refractivity contribution in [2.75, 3.05) is 18.9 Å². The molecule has 3 rings (SSSR count). The molecule has 0 aromatic heterocycles. The molecular formula is C22H21ClN2O5S. The number of para-hydroxylation sites is 1. The summed E-state index contributed by atoms with van der Waals surface area (Å²) in [7, 11) is -0.848. The van der Waals surface area contributed by atoms with E-state index in [0.717, 1.165) is 5.56 Å². The van der Waals surface area contributed by atoms with Gasteiger partial charge in [-0.15, -0.1) is 0 Å². The Morgan fingerprint density at radius 1 is 0.968 bits per heavy atom. The van der Waals surface area contributed by atoms with Gasteiger partial charge in [-0.25, -0.2) is 8.42 Å². The van der Waals surface area contributed by atoms with E-state index in [1.807, 2.05) is 0 Å². The van der Waals surface area contributed by atoms with Crippen LogP contribution in [0.1, 0.15) is 15.9 Å². The highest BCUT2D eigenvalue weighted by Crippen LogP contribution is 2.30. The average Bonchev–Trinajstić information content (AvgIpc) is 2.76. The van der Waals surface area contributed by atoms with Crippen molar-refractivity contribution in [2.45, 2.75) is 11.4 Å². The molecule has 0 aliphatic rings. The van der Waals surface area contributed by atoms with Crippen LogP contribution in [0.15, 0.2) is 71.6 Å². The molecule has 1 amide bonds. The van der Waals surface area contributed by atoms with Crippen LogP contribution in [0, 0.1) is 0 Å². The van der Waals surface area contributed by atoms with E-state index < -0.39 is 15.9 Å². The fourth-order valence-corrected chi connectivity index (χ4v) is 4.23. The number of methoxy groups -OCH3 is 2. The Morgan fingerprint density at radius 3 is 2.42 bits per heavy atom. The molecule has 0 aliphatic heterocycles. The zero-order valence-electron chi connectivity index (χ0n) is 16.9. The molecule has 0 atom stereocenters. The van der Waals surface area contributed by atoms with Crippen molar-refractivity contribution in [2.24, 2.45) is 0 Å². The van der Waals surface area contributed by atoms with Gasteiger partial charge in [0, 0.05) is 22.7 Å². The minimum Gasteiger partial charge on any atom is -0.493 e. The second-order valence-electron chi connectivity index (χ2n) is 6.48. The lowest BCUT2D eigenvalue weighted by molar-refractivity contribution is 0.0950. The summed E-state index contributed by atoms with van der Waals surface area (Å²) >= 11 is 5.91. The lowest BCUT2D eigenvalue weighted by atomic mass is 10.1. The summed E-state index contributed by atoms with van der Waals surface area (Å²) in [5, 5.41) is 3.17. The number of amides is 1. The number of nitrogens with one attached hydrogen (secondary N) is 2. The lowest BCUT2D eigenvalue weighted by Crippen LogP contribution is -2.23. The molecule has 0 unspecified atom stereocenters. The van der Waals surface area contributed by atoms with Crippen LogP contribution >= 0.6 is 11.6 Å². The summed E-state index contributed by atoms with van der Waals surface area (Å²) in [4.78, 5) is 12.6. The highest BCUT2D eigenvalue weighted by Gasteiger charge is 2.17. The molecule has 3 aromatic carbocycles. The van der Waals surface area contributed by atoms with Gasteiger partial charge in [0.1, 0.15) is 0 Å². The largest absolute Gasteiger partial charge is 0.493 e. The molecule has 0 bridgehead atoms. The van der Waals surface area contributed by atoms with Crippen LogP contribution in [0.25, 0.3) is 0 Å². The first-order chi connectivity index (χ1) is 14.8. The summed E-state index contributed by atoms with van der Waals surface area (Å²) in [5.41, 5.74) is 1.25. The minimum absolute atomic E-state index is 0.0425. The van der Waals surface area contributed by atoms with Crippen molar-refractivity contribution in [3.63, 3.8) is 0 Å². The molecule has 0 saturated carbocycles. The number of halogens is 1. The van der Waals surface area contributed by atoms with Crippen molar-refractivity contribution in [1.29, 1.82) is 0 Å². The Kier molecular flexibility index (Phi) is 7.04. The van der Waals surface area contributed by atoms with Gasteiger partial charge in [-0.1, -0.05) is 35.9 Å². The van der Waals surface area contributed by atoms with Crippen molar-refractivity contribution in [3.8, 4) is 11.5 Å². The Hall–Kier alpha value is -3.23. The van der Waals surface area contributed by atoms with Crippen LogP contribution < -0.4 is 19.5 Å². The lowest BCUT2D eigenvalue weighted by Gasteiger charge is -2.13. The van der Waals surface area contributed by atoms with E-state index in [4.69, 9.17) is 21.1 Å². The molecule has 3 aromatic rings. The quantitative estimate of drug-likeness (QED) is 0.528. The standard InChI is InChI=1S/C22H21ClN2O5S/c1-29-20-11-4-7-16(21(20)30-2)14-24-22(26)15-6-3-10-19(12-15)31(27,28)25-18-9-5-8-17(23)13-18/h3-13,25H,14H2,1-2H3,(H,24,26). The maximum Gasteiger partial charge on any atom is 0.261 e. The number of rotatable bonds is 8. The fourth-order valence-electron chi connectivity index (χ4n) is 2.94. The summed E-state index contributed by atoms with van der Waals surface area (Å²) in [6, 6.07) is 17.5. The van der Waals surface area contributed by atoms with E-state index in [1.165, 1.54) is 44.6 Å². The number of hydrogen-bond acceptors (Lipinski definition) is 5. The Balaban J connectivity index is 1.76. The zero-order chi connectivity index (χ0) is 22.4. The third kappa shape index (κ3) is 5.48. The van der Waals surface area contributed by atoms with Crippen LogP contribution in [0.2, 0.25) is 5.02 Å². The van der Waals surface area contributed by atoms with Crippen molar-refractivity contribution < 1.29 is 22.7 Å². The predicted octanol–water partition coefficient (Wildman–Crippen LogP) is 4.09. The molecule has 0 spiro atoms. The van der Waals surface area contributed by atoms with Crippen LogP contribution in [-0.4, -0.2) is 28.5 Å². The number of sulfonamides is 1. The van der Waals surface area contributed by atoms with Crippen molar-refractivity contribution in [1.82, 2.24) is 5.32 Å². The highest BCUT2D eigenvalue weighted by atomic mass is 35.5. The smallest absolute Gasteiger partial charge is 0.261 e. The third-order valence-electron chi connectivity index (χ3n) is 4.41. The SMILES string of the molecule is COc1cccc(CNC(=O)c2cccc(S(=O)(=O)Nc3cccc(Cl)c3)c2)c1OC. The molecular weight excluding hydrogens is 440 g/mol. The molecule has 2 N–H and O–H groups in total. The van der Waals surface area contributed by atoms with Gasteiger partial charge in [0.15, 0.2) is 11.5 Å². The molecule has 0 heterocycles. The third-order valence-corrected chi connectivity index (χ3v) is 6.02. The van der Waals surface area contributed by atoms with E-state index in [0.29, 0.717) is 22.2 Å². The molecule has 0 saturated heterocycles. The van der Waals surface area contributed by atoms with Gasteiger partial charge >= 0.3 is 0 Å². The Bertz CT molecular complexity index is 1200. The molecule has 9 heteroatoms. The van der Waals surface area contributed by atoms with Gasteiger partial charge in [0.2, 0.25) is 0 Å². The summed E-state index contributed by atoms with van der Waals surface area (Å²) in [6.45, 7) is 0.178. The van der Waals surface area contributed by atoms with Gasteiger partial charge in [-0.3, -0.25) is 9.52 Å². The van der Waals surface area contributed by atoms with Crippen molar-refractivity contribution >= 4 is 33.2 Å². The number of carbonyl (C=O) groups excluding carboxylic acids is 1. The molecule has 0 radical (unpaired) electrons. The second-order valence-corrected chi connectivity index (χ2v) is 8.60. The van der Waals surface area contributed by atoms with E-state index in [9.17, 15) is 13.2 Å². The maximum atomic E-state index is 12.7. The highest BCUT2D eigenvalue weighted by molar-refractivity contribution is 7.92. The van der Waals surface area contributed by atoms with E-state index in [1.54, 1.807) is 36.4 Å². The number of ether oxygens (including phenoxy) is 2. The van der Waals surface area contributed by atoms with Crippen LogP contribution in [0.3, 0.4) is 0 Å². The number of anilines is 1. The van der Waals surface area contributed by atoms with Gasteiger partial charge < -0.3 is 14.8 Å². The molecule has 0 fully saturated rings. The summed E-state index contributed by atoms with van der Waals surface area (Å²) in [5.74, 6) is 0.645. The summed E-state index contributed by atoms with van der Waals surface area (Å²) in [6.07, 6.45) is 0. The van der Waals surface area contributed by atoms with E-state index in [2.05, 4.69) is 10.0 Å². The first-order valence-corrected chi connectivity index (χ1v) is 11.1. The number of carbonyl (C=O) groups is 1. The van der Waals surface area contributed by atoms with Crippen LogP contribution in [-0.2, 0) is 16.6 Å². The molecule has 31 heavy (non-hydrogen) atoms. The Morgan fingerprint density at radius 2 is 1.71 bits per heavy atom. The number of benzene rings is 3. The molecule has 162 valence electrons. The van der Waals surface area contributed by atoms with Crippen molar-refractivity contribution in [3.05, 3.63) is 82.9 Å². The van der Waals surface area contributed by atoms with E-state index >= 15 is 0 Å². The topological polar surface area (TPSA) is 93.7 Å². The normalized spacial score (nSPS) is 10.9. The first-order valence-electron chi connectivity index (χ1n) is 9.20. The minimum atomic E-state index is -3.90. The predicted molar refractivity (Wildman–Crippen MR) is 119 cm³/mol. The number of hydrogen-bond donors (Lipinski definition) is 2. The van der Waals surface area contributed by atoms with Crippen LogP contribution in [0.4, 0.5) is 5.69 Å². The zero-order valence-corrected chi connectivity index (χ0v) is 18.5. The monoisotopic (exact) mass is 460 g/mol. The van der Waals surface area contributed by atoms with Crippen LogP contribution in [0.5, 0.6) is 11.5 Å². The molecule has 0 aliphatic carbocycles. The van der Waals surface area contributed by atoms with Gasteiger partial charge in [-0.05, 0) is 42.5 Å². The van der Waals surface area contributed by atoms with Gasteiger partial charge in [-0.2, -0.15) is 0 Å². The summed E-state index contributed by atoms with van der Waals surface area (Å²) < 4.78 is 38.5. The first kappa shape index (κ1) is 22.5. The maximum absolute atomic E-state index is 12.7. The van der Waals surface area contributed by atoms with Gasteiger partial charge in [0.25, 0.3) is 15.9 Å². The van der Waals surface area contributed by atoms with E-state index in [-0.39, 0.29) is 17.0 Å².